The summed E-state index contributed by atoms with van der Waals surface area (Å²) in [6.07, 6.45) is 8.19. The Morgan fingerprint density at radius 3 is 2.50 bits per heavy atom. The summed E-state index contributed by atoms with van der Waals surface area (Å²) >= 11 is 3.51. The maximum atomic E-state index is 12.2. The lowest BCUT2D eigenvalue weighted by Crippen LogP contribution is -2.45. The first kappa shape index (κ1) is 30.2. The van der Waals surface area contributed by atoms with Crippen LogP contribution in [-0.2, 0) is 25.9 Å². The number of fused-ring (bicyclic) bond motifs is 1. The van der Waals surface area contributed by atoms with E-state index in [0.29, 0.717) is 51.9 Å². The van der Waals surface area contributed by atoms with E-state index in [1.54, 1.807) is 31.6 Å². The summed E-state index contributed by atoms with van der Waals surface area (Å²) in [5, 5.41) is 6.52. The lowest BCUT2D eigenvalue weighted by atomic mass is 10.0. The molecule has 0 atom stereocenters. The maximum Gasteiger partial charge on any atom is 0.229 e. The molecule has 2 aliphatic heterocycles. The van der Waals surface area contributed by atoms with Gasteiger partial charge in [-0.25, -0.2) is 13.4 Å². The average molecular weight is 686 g/mol. The minimum absolute atomic E-state index is 0.262. The molecule has 232 valence electrons. The Kier molecular flexibility index (Phi) is 8.46. The van der Waals surface area contributed by atoms with Crippen LogP contribution in [0.1, 0.15) is 25.3 Å². The van der Waals surface area contributed by atoms with Crippen molar-refractivity contribution in [3.05, 3.63) is 52.9 Å². The number of rotatable bonds is 9. The molecule has 2 aliphatic rings. The predicted octanol–water partition coefficient (Wildman–Crippen LogP) is 4.96. The van der Waals surface area contributed by atoms with E-state index in [2.05, 4.69) is 69.1 Å². The number of halogens is 1. The van der Waals surface area contributed by atoms with Crippen molar-refractivity contribution < 1.29 is 22.6 Å². The summed E-state index contributed by atoms with van der Waals surface area (Å²) in [7, 11) is -1.98. The van der Waals surface area contributed by atoms with Crippen LogP contribution in [0, 0.1) is 0 Å². The molecule has 2 saturated heterocycles. The van der Waals surface area contributed by atoms with Crippen LogP contribution < -0.4 is 25.0 Å². The molecule has 2 fully saturated rings. The zero-order chi connectivity index (χ0) is 30.9. The number of benzene rings is 2. The van der Waals surface area contributed by atoms with Gasteiger partial charge >= 0.3 is 0 Å². The van der Waals surface area contributed by atoms with Gasteiger partial charge in [0.05, 0.1) is 53.6 Å². The molecule has 15 heteroatoms. The van der Waals surface area contributed by atoms with Crippen molar-refractivity contribution >= 4 is 71.5 Å². The standard InChI is InChI=1S/C29H33BrN8O5S/c1-4-18-15-22(24(41-2)16-23(18)38-11-7-29(8-12-38)42-13-14-43-29)35-28-33-17-19(30)27(36-28)34-21-6-5-20-25(32-10-9-31-20)26(21)37-44(3,39)40/h5-6,9-10,15-17,37H,4,7-8,11-14H2,1-3H3,(H2,33,34,35,36). The minimum Gasteiger partial charge on any atom is -0.494 e. The largest absolute Gasteiger partial charge is 0.494 e. The van der Waals surface area contributed by atoms with Gasteiger partial charge in [-0.05, 0) is 46.1 Å². The lowest BCUT2D eigenvalue weighted by Gasteiger charge is -2.39. The Bertz CT molecular complexity index is 1790. The first-order valence-corrected chi connectivity index (χ1v) is 16.9. The number of ether oxygens (including phenoxy) is 3. The Labute approximate surface area is 263 Å². The quantitative estimate of drug-likeness (QED) is 0.219. The molecule has 1 spiro atoms. The Hall–Kier alpha value is -3.79. The van der Waals surface area contributed by atoms with Gasteiger partial charge in [-0.3, -0.25) is 14.7 Å². The summed E-state index contributed by atoms with van der Waals surface area (Å²) in [6.45, 7) is 5.07. The van der Waals surface area contributed by atoms with Crippen molar-refractivity contribution in [2.75, 3.05) is 59.9 Å². The van der Waals surface area contributed by atoms with E-state index < -0.39 is 15.8 Å². The third-order valence-corrected chi connectivity index (χ3v) is 8.79. The molecule has 3 N–H and O–H groups in total. The highest BCUT2D eigenvalue weighted by atomic mass is 79.9. The van der Waals surface area contributed by atoms with Crippen molar-refractivity contribution in [2.45, 2.75) is 32.0 Å². The van der Waals surface area contributed by atoms with Gasteiger partial charge in [-0.1, -0.05) is 6.92 Å². The molecule has 2 aromatic carbocycles. The fourth-order valence-corrected chi connectivity index (χ4v) is 6.39. The zero-order valence-electron chi connectivity index (χ0n) is 24.6. The number of sulfonamides is 1. The van der Waals surface area contributed by atoms with Crippen molar-refractivity contribution in [1.82, 2.24) is 19.9 Å². The summed E-state index contributed by atoms with van der Waals surface area (Å²) in [4.78, 5) is 20.1. The number of aromatic nitrogens is 4. The number of methoxy groups -OCH3 is 1. The second-order valence-corrected chi connectivity index (χ2v) is 13.2. The maximum absolute atomic E-state index is 12.2. The molecule has 0 radical (unpaired) electrons. The number of anilines is 6. The topological polar surface area (TPSA) is 153 Å². The normalized spacial score (nSPS) is 16.3. The highest BCUT2D eigenvalue weighted by Gasteiger charge is 2.40. The van der Waals surface area contributed by atoms with Crippen LogP contribution in [0.15, 0.2) is 47.3 Å². The number of aryl methyl sites for hydroxylation is 1. The van der Waals surface area contributed by atoms with Crippen LogP contribution in [0.5, 0.6) is 5.75 Å². The van der Waals surface area contributed by atoms with Gasteiger partial charge in [0, 0.05) is 56.3 Å². The molecule has 6 rings (SSSR count). The fourth-order valence-electron chi connectivity index (χ4n) is 5.52. The van der Waals surface area contributed by atoms with Crippen LogP contribution in [0.3, 0.4) is 0 Å². The van der Waals surface area contributed by atoms with Crippen molar-refractivity contribution in [2.24, 2.45) is 0 Å². The SMILES string of the molecule is CCc1cc(Nc2ncc(Br)c(Nc3ccc4nccnc4c3NS(C)(=O)=O)n2)c(OC)cc1N1CCC2(CC1)OCCO2. The van der Waals surface area contributed by atoms with Gasteiger partial charge < -0.3 is 29.7 Å². The van der Waals surface area contributed by atoms with E-state index in [0.717, 1.165) is 55.5 Å². The Balaban J connectivity index is 1.27. The summed E-state index contributed by atoms with van der Waals surface area (Å²) in [6, 6.07) is 7.58. The van der Waals surface area contributed by atoms with E-state index in [4.69, 9.17) is 14.2 Å². The van der Waals surface area contributed by atoms with Gasteiger partial charge in [0.25, 0.3) is 0 Å². The van der Waals surface area contributed by atoms with E-state index in [-0.39, 0.29) is 5.69 Å². The van der Waals surface area contributed by atoms with Crippen LogP contribution >= 0.6 is 15.9 Å². The summed E-state index contributed by atoms with van der Waals surface area (Å²) < 4.78 is 45.2. The first-order valence-electron chi connectivity index (χ1n) is 14.2. The van der Waals surface area contributed by atoms with Crippen LogP contribution in [0.4, 0.5) is 34.5 Å². The smallest absolute Gasteiger partial charge is 0.229 e. The number of hydrogen-bond donors (Lipinski definition) is 3. The van der Waals surface area contributed by atoms with E-state index in [1.165, 1.54) is 6.20 Å². The first-order chi connectivity index (χ1) is 21.2. The molecule has 0 aliphatic carbocycles. The number of nitrogens with zero attached hydrogens (tertiary/aromatic N) is 5. The fraction of sp³-hybridized carbons (Fsp3) is 0.379. The van der Waals surface area contributed by atoms with Crippen LogP contribution in [0.25, 0.3) is 11.0 Å². The van der Waals surface area contributed by atoms with E-state index in [9.17, 15) is 8.42 Å². The third kappa shape index (κ3) is 6.36. The van der Waals surface area contributed by atoms with Gasteiger partial charge in [0.1, 0.15) is 17.1 Å². The van der Waals surface area contributed by atoms with Gasteiger partial charge in [0.15, 0.2) is 5.79 Å². The molecule has 4 aromatic rings. The molecule has 0 saturated carbocycles. The monoisotopic (exact) mass is 684 g/mol. The molecule has 0 bridgehead atoms. The molecular formula is C29H33BrN8O5S. The minimum atomic E-state index is -3.62. The molecule has 0 unspecified atom stereocenters. The Morgan fingerprint density at radius 2 is 1.80 bits per heavy atom. The van der Waals surface area contributed by atoms with Crippen LogP contribution in [0.2, 0.25) is 0 Å². The highest BCUT2D eigenvalue weighted by Crippen LogP contribution is 2.40. The second kappa shape index (κ2) is 12.3. The van der Waals surface area contributed by atoms with E-state index >= 15 is 0 Å². The molecule has 2 aromatic heterocycles. The summed E-state index contributed by atoms with van der Waals surface area (Å²) in [5.41, 5.74) is 4.64. The third-order valence-electron chi connectivity index (χ3n) is 7.63. The summed E-state index contributed by atoms with van der Waals surface area (Å²) in [5.74, 6) is 0.935. The number of hydrogen-bond acceptors (Lipinski definition) is 12. The molecule has 44 heavy (non-hydrogen) atoms. The Morgan fingerprint density at radius 1 is 1.05 bits per heavy atom. The van der Waals surface area contributed by atoms with Crippen molar-refractivity contribution in [3.8, 4) is 5.75 Å². The van der Waals surface area contributed by atoms with Crippen molar-refractivity contribution in [1.29, 1.82) is 0 Å². The molecule has 0 amide bonds. The number of nitrogens with one attached hydrogen (secondary N) is 3. The highest BCUT2D eigenvalue weighted by molar-refractivity contribution is 9.10. The van der Waals surface area contributed by atoms with Crippen molar-refractivity contribution in [3.63, 3.8) is 0 Å². The van der Waals surface area contributed by atoms with Gasteiger partial charge in [-0.15, -0.1) is 0 Å². The van der Waals surface area contributed by atoms with E-state index in [1.807, 2.05) is 6.07 Å². The lowest BCUT2D eigenvalue weighted by molar-refractivity contribution is -0.169. The van der Waals surface area contributed by atoms with Crippen LogP contribution in [-0.4, -0.2) is 73.8 Å². The molecular weight excluding hydrogens is 652 g/mol. The average Bonchev–Trinajstić information content (AvgIpc) is 3.47. The number of piperidine rings is 1. The second-order valence-electron chi connectivity index (χ2n) is 10.6. The van der Waals surface area contributed by atoms with Gasteiger partial charge in [0.2, 0.25) is 16.0 Å². The molecule has 13 nitrogen and oxygen atoms in total. The zero-order valence-corrected chi connectivity index (χ0v) is 27.0. The predicted molar refractivity (Wildman–Crippen MR) is 173 cm³/mol. The molecule has 4 heterocycles. The van der Waals surface area contributed by atoms with Gasteiger partial charge in [-0.2, -0.15) is 4.98 Å².